The van der Waals surface area contributed by atoms with Gasteiger partial charge in [-0.3, -0.25) is 9.78 Å². The van der Waals surface area contributed by atoms with Crippen molar-refractivity contribution in [3.8, 4) is 5.75 Å². The van der Waals surface area contributed by atoms with Crippen LogP contribution in [0.1, 0.15) is 12.6 Å². The number of hydrogen-bond acceptors (Lipinski definition) is 4. The van der Waals surface area contributed by atoms with Crippen LogP contribution in [-0.4, -0.2) is 23.2 Å². The molecule has 1 amide bonds. The Labute approximate surface area is 121 Å². The number of rotatable bonds is 5. The van der Waals surface area contributed by atoms with Crippen molar-refractivity contribution < 1.29 is 13.9 Å². The van der Waals surface area contributed by atoms with Crippen LogP contribution in [0.25, 0.3) is 0 Å². The van der Waals surface area contributed by atoms with Crippen molar-refractivity contribution in [2.45, 2.75) is 6.92 Å². The number of nitrogens with one attached hydrogen (secondary N) is 1. The van der Waals surface area contributed by atoms with E-state index in [1.807, 2.05) is 6.07 Å². The third kappa shape index (κ3) is 4.68. The third-order valence-electron chi connectivity index (χ3n) is 2.57. The van der Waals surface area contributed by atoms with Gasteiger partial charge in [-0.1, -0.05) is 6.07 Å². The van der Waals surface area contributed by atoms with Crippen molar-refractivity contribution in [3.63, 3.8) is 0 Å². The summed E-state index contributed by atoms with van der Waals surface area (Å²) < 4.78 is 17.9. The zero-order valence-corrected chi connectivity index (χ0v) is 11.4. The number of pyridine rings is 1. The predicted octanol–water partition coefficient (Wildman–Crippen LogP) is 2.14. The summed E-state index contributed by atoms with van der Waals surface area (Å²) >= 11 is 0. The van der Waals surface area contributed by atoms with Gasteiger partial charge in [0.05, 0.1) is 11.4 Å². The number of benzene rings is 1. The normalized spacial score (nSPS) is 11.0. The molecule has 2 rings (SSSR count). The molecule has 1 aromatic heterocycles. The lowest BCUT2D eigenvalue weighted by molar-refractivity contribution is -0.123. The monoisotopic (exact) mass is 287 g/mol. The lowest BCUT2D eigenvalue weighted by Gasteiger charge is -2.05. The van der Waals surface area contributed by atoms with E-state index >= 15 is 0 Å². The first-order valence-electron chi connectivity index (χ1n) is 6.28. The van der Waals surface area contributed by atoms with E-state index in [-0.39, 0.29) is 12.4 Å². The second-order valence-electron chi connectivity index (χ2n) is 4.19. The van der Waals surface area contributed by atoms with Gasteiger partial charge in [-0.2, -0.15) is 5.10 Å². The summed E-state index contributed by atoms with van der Waals surface area (Å²) in [5, 5.41) is 3.94. The third-order valence-corrected chi connectivity index (χ3v) is 2.57. The molecule has 1 N–H and O–H groups in total. The first-order chi connectivity index (χ1) is 10.1. The molecule has 21 heavy (non-hydrogen) atoms. The lowest BCUT2D eigenvalue weighted by atomic mass is 10.3. The van der Waals surface area contributed by atoms with Crippen molar-refractivity contribution in [2.75, 3.05) is 6.61 Å². The van der Waals surface area contributed by atoms with E-state index in [1.165, 1.54) is 24.3 Å². The van der Waals surface area contributed by atoms with Gasteiger partial charge >= 0.3 is 0 Å². The molecule has 6 heteroatoms. The lowest BCUT2D eigenvalue weighted by Crippen LogP contribution is -2.25. The van der Waals surface area contributed by atoms with Crippen LogP contribution < -0.4 is 10.2 Å². The maximum absolute atomic E-state index is 12.7. The molecule has 5 nitrogen and oxygen atoms in total. The topological polar surface area (TPSA) is 63.6 Å². The van der Waals surface area contributed by atoms with E-state index in [9.17, 15) is 9.18 Å². The van der Waals surface area contributed by atoms with Gasteiger partial charge in [-0.25, -0.2) is 9.82 Å². The van der Waals surface area contributed by atoms with Crippen LogP contribution in [0.2, 0.25) is 0 Å². The van der Waals surface area contributed by atoms with Crippen molar-refractivity contribution in [1.29, 1.82) is 0 Å². The Morgan fingerprint density at radius 1 is 1.29 bits per heavy atom. The minimum Gasteiger partial charge on any atom is -0.484 e. The summed E-state index contributed by atoms with van der Waals surface area (Å²) in [6.45, 7) is 1.54. The van der Waals surface area contributed by atoms with Crippen LogP contribution >= 0.6 is 0 Å². The Bertz CT molecular complexity index is 627. The standard InChI is InChI=1S/C15H14FN3O2/c1-11(14-4-2-3-9-17-14)18-19-15(20)10-21-13-7-5-12(16)6-8-13/h2-9H,10H2,1H3,(H,19,20)/b18-11+. The molecular formula is C15H14FN3O2. The Kier molecular flexibility index (Phi) is 4.98. The summed E-state index contributed by atoms with van der Waals surface area (Å²) in [4.78, 5) is 15.7. The number of hydrazone groups is 1. The second kappa shape index (κ2) is 7.14. The number of ether oxygens (including phenoxy) is 1. The van der Waals surface area contributed by atoms with E-state index in [0.717, 1.165) is 0 Å². The molecule has 0 fully saturated rings. The smallest absolute Gasteiger partial charge is 0.277 e. The minimum absolute atomic E-state index is 0.204. The molecule has 0 aliphatic rings. The van der Waals surface area contributed by atoms with E-state index in [2.05, 4.69) is 15.5 Å². The molecule has 1 heterocycles. The van der Waals surface area contributed by atoms with Gasteiger partial charge in [0.2, 0.25) is 0 Å². The fourth-order valence-electron chi connectivity index (χ4n) is 1.49. The van der Waals surface area contributed by atoms with E-state index in [0.29, 0.717) is 17.2 Å². The van der Waals surface area contributed by atoms with Crippen molar-refractivity contribution in [3.05, 3.63) is 60.2 Å². The van der Waals surface area contributed by atoms with E-state index in [1.54, 1.807) is 25.3 Å². The van der Waals surface area contributed by atoms with Crippen molar-refractivity contribution in [2.24, 2.45) is 5.10 Å². The SMILES string of the molecule is C/C(=N\NC(=O)COc1ccc(F)cc1)c1ccccn1. The number of halogens is 1. The quantitative estimate of drug-likeness (QED) is 0.677. The number of hydrogen-bond donors (Lipinski definition) is 1. The van der Waals surface area contributed by atoms with Gasteiger partial charge in [0.15, 0.2) is 6.61 Å². The molecule has 0 bridgehead atoms. The molecule has 0 spiro atoms. The molecule has 0 aliphatic carbocycles. The number of aromatic nitrogens is 1. The predicted molar refractivity (Wildman–Crippen MR) is 76.5 cm³/mol. The summed E-state index contributed by atoms with van der Waals surface area (Å²) in [7, 11) is 0. The zero-order valence-electron chi connectivity index (χ0n) is 11.4. The molecule has 0 radical (unpaired) electrons. The van der Waals surface area contributed by atoms with Crippen LogP contribution in [0.15, 0.2) is 53.8 Å². The van der Waals surface area contributed by atoms with Crippen molar-refractivity contribution in [1.82, 2.24) is 10.4 Å². The van der Waals surface area contributed by atoms with Gasteiger partial charge in [0, 0.05) is 6.20 Å². The molecule has 0 saturated heterocycles. The molecule has 1 aromatic carbocycles. The Balaban J connectivity index is 1.83. The number of amides is 1. The van der Waals surface area contributed by atoms with Crippen LogP contribution in [0.5, 0.6) is 5.75 Å². The largest absolute Gasteiger partial charge is 0.484 e. The molecule has 0 unspecified atom stereocenters. The highest BCUT2D eigenvalue weighted by Gasteiger charge is 2.03. The highest BCUT2D eigenvalue weighted by molar-refractivity contribution is 5.97. The maximum Gasteiger partial charge on any atom is 0.277 e. The van der Waals surface area contributed by atoms with Crippen LogP contribution in [0.3, 0.4) is 0 Å². The van der Waals surface area contributed by atoms with Gasteiger partial charge in [0.25, 0.3) is 5.91 Å². The van der Waals surface area contributed by atoms with Gasteiger partial charge in [-0.05, 0) is 43.3 Å². The molecule has 0 saturated carbocycles. The Morgan fingerprint density at radius 2 is 2.05 bits per heavy atom. The molecule has 108 valence electrons. The van der Waals surface area contributed by atoms with Crippen LogP contribution in [0, 0.1) is 5.82 Å². The average Bonchev–Trinajstić information content (AvgIpc) is 2.53. The minimum atomic E-state index is -0.408. The summed E-state index contributed by atoms with van der Waals surface area (Å²) in [5.41, 5.74) is 3.64. The van der Waals surface area contributed by atoms with Gasteiger partial charge in [-0.15, -0.1) is 0 Å². The molecular weight excluding hydrogens is 273 g/mol. The average molecular weight is 287 g/mol. The van der Waals surface area contributed by atoms with E-state index < -0.39 is 5.91 Å². The fraction of sp³-hybridized carbons (Fsp3) is 0.133. The summed E-state index contributed by atoms with van der Waals surface area (Å²) in [6.07, 6.45) is 1.65. The number of carbonyl (C=O) groups is 1. The van der Waals surface area contributed by atoms with Crippen LogP contribution in [0.4, 0.5) is 4.39 Å². The highest BCUT2D eigenvalue weighted by Crippen LogP contribution is 2.10. The second-order valence-corrected chi connectivity index (χ2v) is 4.19. The van der Waals surface area contributed by atoms with Crippen LogP contribution in [-0.2, 0) is 4.79 Å². The zero-order chi connectivity index (χ0) is 15.1. The van der Waals surface area contributed by atoms with E-state index in [4.69, 9.17) is 4.74 Å². The first-order valence-corrected chi connectivity index (χ1v) is 6.28. The summed E-state index contributed by atoms with van der Waals surface area (Å²) in [6, 6.07) is 10.8. The first kappa shape index (κ1) is 14.6. The van der Waals surface area contributed by atoms with Gasteiger partial charge < -0.3 is 4.74 Å². The molecule has 2 aromatic rings. The molecule has 0 atom stereocenters. The van der Waals surface area contributed by atoms with Gasteiger partial charge in [0.1, 0.15) is 11.6 Å². The number of carbonyl (C=O) groups excluding carboxylic acids is 1. The highest BCUT2D eigenvalue weighted by atomic mass is 19.1. The van der Waals surface area contributed by atoms with Crippen molar-refractivity contribution >= 4 is 11.6 Å². The summed E-state index contributed by atoms with van der Waals surface area (Å²) in [5.74, 6) is -0.353. The maximum atomic E-state index is 12.7. The Morgan fingerprint density at radius 3 is 2.71 bits per heavy atom. The number of nitrogens with zero attached hydrogens (tertiary/aromatic N) is 2. The molecule has 0 aliphatic heterocycles. The Hall–Kier alpha value is -2.76. The fourth-order valence-corrected chi connectivity index (χ4v) is 1.49.